The molecule has 0 aliphatic carbocycles. The lowest BCUT2D eigenvalue weighted by Crippen LogP contribution is -2.24. The van der Waals surface area contributed by atoms with Gasteiger partial charge in [-0.1, -0.05) is 50.6 Å². The zero-order valence-electron chi connectivity index (χ0n) is 23.5. The van der Waals surface area contributed by atoms with Gasteiger partial charge in [-0.25, -0.2) is 4.98 Å². The number of carbonyl (C=O) groups is 1. The Labute approximate surface area is 232 Å². The van der Waals surface area contributed by atoms with Gasteiger partial charge in [0.1, 0.15) is 17.3 Å². The SMILES string of the molecule is COc1cccc(C(=O)NCCCCCc2nc3ccccc3n2CCCCOc2ccc(C(C)C)cc2)c1. The lowest BCUT2D eigenvalue weighted by atomic mass is 10.0. The van der Waals surface area contributed by atoms with Crippen LogP contribution in [0.15, 0.2) is 72.8 Å². The summed E-state index contributed by atoms with van der Waals surface area (Å²) in [6.07, 6.45) is 5.96. The van der Waals surface area contributed by atoms with Gasteiger partial charge in [0, 0.05) is 25.1 Å². The van der Waals surface area contributed by atoms with Crippen LogP contribution in [-0.4, -0.2) is 35.7 Å². The molecule has 0 radical (unpaired) electrons. The minimum absolute atomic E-state index is 0.0627. The third-order valence-corrected chi connectivity index (χ3v) is 7.02. The first-order chi connectivity index (χ1) is 19.0. The normalized spacial score (nSPS) is 11.2. The Morgan fingerprint density at radius 2 is 1.72 bits per heavy atom. The summed E-state index contributed by atoms with van der Waals surface area (Å²) in [6.45, 7) is 6.71. The highest BCUT2D eigenvalue weighted by molar-refractivity contribution is 5.94. The predicted molar refractivity (Wildman–Crippen MR) is 158 cm³/mol. The van der Waals surface area contributed by atoms with Crippen LogP contribution >= 0.6 is 0 Å². The Morgan fingerprint density at radius 3 is 2.51 bits per heavy atom. The summed E-state index contributed by atoms with van der Waals surface area (Å²) in [5.74, 6) is 3.24. The molecule has 1 heterocycles. The van der Waals surface area contributed by atoms with Gasteiger partial charge in [0.25, 0.3) is 5.91 Å². The molecule has 3 aromatic carbocycles. The van der Waals surface area contributed by atoms with E-state index in [4.69, 9.17) is 14.5 Å². The molecule has 0 bridgehead atoms. The number of amides is 1. The third kappa shape index (κ3) is 8.09. The molecule has 4 rings (SSSR count). The van der Waals surface area contributed by atoms with Crippen LogP contribution in [0.3, 0.4) is 0 Å². The standard InChI is InChI=1S/C33H41N3O3/c1-25(2)26-17-19-28(20-18-26)39-23-10-9-22-36-31-15-7-6-14-30(31)35-32(36)16-5-4-8-21-34-33(37)27-12-11-13-29(24-27)38-3/h6-7,11-15,17-20,24-25H,4-5,8-10,16,21-23H2,1-3H3,(H,34,37). The Kier molecular flexibility index (Phi) is 10.4. The first-order valence-electron chi connectivity index (χ1n) is 14.1. The van der Waals surface area contributed by atoms with E-state index in [0.717, 1.165) is 62.2 Å². The van der Waals surface area contributed by atoms with E-state index in [-0.39, 0.29) is 5.91 Å². The molecule has 0 aliphatic heterocycles. The van der Waals surface area contributed by atoms with Gasteiger partial charge >= 0.3 is 0 Å². The number of fused-ring (bicyclic) bond motifs is 1. The molecule has 1 N–H and O–H groups in total. The minimum Gasteiger partial charge on any atom is -0.497 e. The van der Waals surface area contributed by atoms with Gasteiger partial charge in [0.15, 0.2) is 0 Å². The molecule has 0 saturated carbocycles. The van der Waals surface area contributed by atoms with E-state index in [9.17, 15) is 4.79 Å². The number of aromatic nitrogens is 2. The van der Waals surface area contributed by atoms with E-state index in [1.165, 1.54) is 11.1 Å². The average Bonchev–Trinajstić information content (AvgIpc) is 3.32. The number of rotatable bonds is 15. The molecule has 0 spiro atoms. The molecule has 39 heavy (non-hydrogen) atoms. The molecule has 0 atom stereocenters. The highest BCUT2D eigenvalue weighted by Gasteiger charge is 2.11. The molecule has 1 amide bonds. The lowest BCUT2D eigenvalue weighted by Gasteiger charge is -2.11. The van der Waals surface area contributed by atoms with Crippen molar-refractivity contribution in [1.82, 2.24) is 14.9 Å². The number of nitrogens with zero attached hydrogens (tertiary/aromatic N) is 2. The first-order valence-corrected chi connectivity index (χ1v) is 14.1. The number of imidazole rings is 1. The van der Waals surface area contributed by atoms with Crippen molar-refractivity contribution in [3.05, 3.63) is 89.7 Å². The maximum Gasteiger partial charge on any atom is 0.251 e. The lowest BCUT2D eigenvalue weighted by molar-refractivity contribution is 0.0952. The van der Waals surface area contributed by atoms with Gasteiger partial charge in [-0.15, -0.1) is 0 Å². The van der Waals surface area contributed by atoms with Gasteiger partial charge in [0.2, 0.25) is 0 Å². The summed E-state index contributed by atoms with van der Waals surface area (Å²) >= 11 is 0. The van der Waals surface area contributed by atoms with Gasteiger partial charge in [-0.3, -0.25) is 4.79 Å². The van der Waals surface area contributed by atoms with Crippen LogP contribution in [0.5, 0.6) is 11.5 Å². The fourth-order valence-electron chi connectivity index (χ4n) is 4.73. The van der Waals surface area contributed by atoms with Gasteiger partial charge in [-0.2, -0.15) is 0 Å². The number of methoxy groups -OCH3 is 1. The van der Waals surface area contributed by atoms with Crippen LogP contribution in [-0.2, 0) is 13.0 Å². The summed E-state index contributed by atoms with van der Waals surface area (Å²) in [4.78, 5) is 17.3. The largest absolute Gasteiger partial charge is 0.497 e. The second-order valence-corrected chi connectivity index (χ2v) is 10.2. The smallest absolute Gasteiger partial charge is 0.251 e. The van der Waals surface area contributed by atoms with Crippen molar-refractivity contribution in [3.63, 3.8) is 0 Å². The fourth-order valence-corrected chi connectivity index (χ4v) is 4.73. The second kappa shape index (κ2) is 14.4. The zero-order valence-corrected chi connectivity index (χ0v) is 23.5. The zero-order chi connectivity index (χ0) is 27.5. The van der Waals surface area contributed by atoms with E-state index in [1.807, 2.05) is 18.2 Å². The molecule has 4 aromatic rings. The van der Waals surface area contributed by atoms with Crippen molar-refractivity contribution >= 4 is 16.9 Å². The van der Waals surface area contributed by atoms with E-state index in [0.29, 0.717) is 30.4 Å². The number of para-hydroxylation sites is 2. The summed E-state index contributed by atoms with van der Waals surface area (Å²) < 4.78 is 13.6. The molecule has 1 aromatic heterocycles. The number of hydrogen-bond donors (Lipinski definition) is 1. The number of hydrogen-bond acceptors (Lipinski definition) is 4. The van der Waals surface area contributed by atoms with Crippen molar-refractivity contribution in [2.24, 2.45) is 0 Å². The van der Waals surface area contributed by atoms with E-state index >= 15 is 0 Å². The highest BCUT2D eigenvalue weighted by Crippen LogP contribution is 2.21. The highest BCUT2D eigenvalue weighted by atomic mass is 16.5. The summed E-state index contributed by atoms with van der Waals surface area (Å²) in [7, 11) is 1.60. The van der Waals surface area contributed by atoms with Crippen LogP contribution in [0.4, 0.5) is 0 Å². The van der Waals surface area contributed by atoms with Crippen LogP contribution < -0.4 is 14.8 Å². The van der Waals surface area contributed by atoms with Crippen molar-refractivity contribution in [1.29, 1.82) is 0 Å². The van der Waals surface area contributed by atoms with Crippen LogP contribution in [0.1, 0.15) is 73.6 Å². The fraction of sp³-hybridized carbons (Fsp3) is 0.394. The van der Waals surface area contributed by atoms with Crippen molar-refractivity contribution in [2.75, 3.05) is 20.3 Å². The predicted octanol–water partition coefficient (Wildman–Crippen LogP) is 7.17. The number of nitrogens with one attached hydrogen (secondary N) is 1. The summed E-state index contributed by atoms with van der Waals surface area (Å²) in [5.41, 5.74) is 4.21. The number of unbranched alkanes of at least 4 members (excludes halogenated alkanes) is 3. The van der Waals surface area contributed by atoms with E-state index in [1.54, 1.807) is 19.2 Å². The molecule has 0 saturated heterocycles. The maximum atomic E-state index is 12.4. The number of carbonyl (C=O) groups excluding carboxylic acids is 1. The molecular formula is C33H41N3O3. The Bertz CT molecular complexity index is 1330. The Balaban J connectivity index is 1.21. The van der Waals surface area contributed by atoms with Crippen molar-refractivity contribution < 1.29 is 14.3 Å². The molecule has 0 unspecified atom stereocenters. The molecule has 206 valence electrons. The molecular weight excluding hydrogens is 486 g/mol. The summed E-state index contributed by atoms with van der Waals surface area (Å²) in [5, 5.41) is 3.01. The Hall–Kier alpha value is -3.80. The average molecular weight is 528 g/mol. The molecule has 6 heteroatoms. The van der Waals surface area contributed by atoms with Crippen molar-refractivity contribution in [3.8, 4) is 11.5 Å². The van der Waals surface area contributed by atoms with Gasteiger partial charge in [-0.05, 0) is 79.6 Å². The van der Waals surface area contributed by atoms with Crippen LogP contribution in [0, 0.1) is 0 Å². The number of aryl methyl sites for hydroxylation is 2. The van der Waals surface area contributed by atoms with Gasteiger partial charge in [0.05, 0.1) is 24.8 Å². The molecule has 0 aliphatic rings. The quantitative estimate of drug-likeness (QED) is 0.166. The van der Waals surface area contributed by atoms with Crippen LogP contribution in [0.25, 0.3) is 11.0 Å². The minimum atomic E-state index is -0.0627. The summed E-state index contributed by atoms with van der Waals surface area (Å²) in [6, 6.07) is 24.1. The number of ether oxygens (including phenoxy) is 2. The maximum absolute atomic E-state index is 12.4. The van der Waals surface area contributed by atoms with E-state index < -0.39 is 0 Å². The third-order valence-electron chi connectivity index (χ3n) is 7.02. The molecule has 0 fully saturated rings. The van der Waals surface area contributed by atoms with Gasteiger partial charge < -0.3 is 19.4 Å². The topological polar surface area (TPSA) is 65.4 Å². The molecule has 6 nitrogen and oxygen atoms in total. The second-order valence-electron chi connectivity index (χ2n) is 10.2. The Morgan fingerprint density at radius 1 is 0.897 bits per heavy atom. The van der Waals surface area contributed by atoms with Crippen LogP contribution in [0.2, 0.25) is 0 Å². The monoisotopic (exact) mass is 527 g/mol. The number of benzene rings is 3. The first kappa shape index (κ1) is 28.2. The van der Waals surface area contributed by atoms with E-state index in [2.05, 4.69) is 66.2 Å². The van der Waals surface area contributed by atoms with Crippen molar-refractivity contribution in [2.45, 2.75) is 64.8 Å².